The quantitative estimate of drug-likeness (QED) is 0.891. The van der Waals surface area contributed by atoms with E-state index < -0.39 is 0 Å². The van der Waals surface area contributed by atoms with E-state index in [1.807, 2.05) is 33.8 Å². The molecule has 0 aliphatic heterocycles. The number of nitrogens with one attached hydrogen (secondary N) is 1. The van der Waals surface area contributed by atoms with E-state index in [9.17, 15) is 4.79 Å². The predicted octanol–water partition coefficient (Wildman–Crippen LogP) is 4.05. The number of anilines is 1. The lowest BCUT2D eigenvalue weighted by Gasteiger charge is -2.14. The Morgan fingerprint density at radius 3 is 2.56 bits per heavy atom. The number of carbonyl (C=O) groups excluding carboxylic acids is 1. The van der Waals surface area contributed by atoms with Crippen LogP contribution < -0.4 is 5.32 Å². The molecule has 0 aromatic heterocycles. The standard InChI is InChI=1S/C13H18BrNO/c1-5-9(3)13(16)15-12-10(4)6-8(2)7-11(12)14/h6-7,9H,5H2,1-4H3,(H,15,16). The molecule has 1 amide bonds. The van der Waals surface area contributed by atoms with Gasteiger partial charge in [0, 0.05) is 10.4 Å². The van der Waals surface area contributed by atoms with E-state index in [2.05, 4.69) is 27.3 Å². The second-order valence-electron chi connectivity index (χ2n) is 4.24. The molecule has 1 atom stereocenters. The third kappa shape index (κ3) is 3.08. The number of rotatable bonds is 3. The van der Waals surface area contributed by atoms with Crippen LogP contribution in [-0.4, -0.2) is 5.91 Å². The topological polar surface area (TPSA) is 29.1 Å². The smallest absolute Gasteiger partial charge is 0.227 e. The zero-order valence-electron chi connectivity index (χ0n) is 10.2. The molecule has 0 saturated carbocycles. The van der Waals surface area contributed by atoms with Crippen LogP contribution >= 0.6 is 15.9 Å². The van der Waals surface area contributed by atoms with Crippen molar-refractivity contribution in [2.75, 3.05) is 5.32 Å². The minimum absolute atomic E-state index is 0.0487. The van der Waals surface area contributed by atoms with Crippen molar-refractivity contribution in [3.05, 3.63) is 27.7 Å². The summed E-state index contributed by atoms with van der Waals surface area (Å²) in [6, 6.07) is 4.08. The Bertz CT molecular complexity index is 378. The highest BCUT2D eigenvalue weighted by atomic mass is 79.9. The summed E-state index contributed by atoms with van der Waals surface area (Å²) in [6.07, 6.45) is 0.856. The van der Waals surface area contributed by atoms with Gasteiger partial charge in [-0.3, -0.25) is 4.79 Å². The maximum absolute atomic E-state index is 11.8. The summed E-state index contributed by atoms with van der Waals surface area (Å²) in [6.45, 7) is 8.00. The number of amides is 1. The molecule has 1 unspecified atom stereocenters. The summed E-state index contributed by atoms with van der Waals surface area (Å²) >= 11 is 3.48. The lowest BCUT2D eigenvalue weighted by molar-refractivity contribution is -0.119. The van der Waals surface area contributed by atoms with Crippen molar-refractivity contribution in [3.63, 3.8) is 0 Å². The molecule has 1 aromatic carbocycles. The van der Waals surface area contributed by atoms with Crippen LogP contribution in [0.25, 0.3) is 0 Å². The SMILES string of the molecule is CCC(C)C(=O)Nc1c(C)cc(C)cc1Br. The molecule has 88 valence electrons. The highest BCUT2D eigenvalue weighted by Gasteiger charge is 2.13. The molecule has 1 aromatic rings. The number of benzene rings is 1. The third-order valence-corrected chi connectivity index (χ3v) is 3.37. The zero-order valence-corrected chi connectivity index (χ0v) is 11.8. The molecular weight excluding hydrogens is 266 g/mol. The first-order valence-electron chi connectivity index (χ1n) is 5.53. The molecule has 1 N–H and O–H groups in total. The first-order chi connectivity index (χ1) is 7.45. The average Bonchev–Trinajstić information content (AvgIpc) is 2.21. The van der Waals surface area contributed by atoms with Gasteiger partial charge in [-0.2, -0.15) is 0 Å². The van der Waals surface area contributed by atoms with Gasteiger partial charge in [0.1, 0.15) is 0 Å². The molecule has 3 heteroatoms. The number of hydrogen-bond acceptors (Lipinski definition) is 1. The van der Waals surface area contributed by atoms with Gasteiger partial charge in [-0.15, -0.1) is 0 Å². The minimum Gasteiger partial charge on any atom is -0.325 e. The van der Waals surface area contributed by atoms with Crippen LogP contribution in [0.2, 0.25) is 0 Å². The van der Waals surface area contributed by atoms with E-state index in [0.717, 1.165) is 22.1 Å². The van der Waals surface area contributed by atoms with Gasteiger partial charge in [0.05, 0.1) is 5.69 Å². The van der Waals surface area contributed by atoms with Crippen molar-refractivity contribution in [3.8, 4) is 0 Å². The lowest BCUT2D eigenvalue weighted by Crippen LogP contribution is -2.20. The van der Waals surface area contributed by atoms with Crippen molar-refractivity contribution in [2.24, 2.45) is 5.92 Å². The van der Waals surface area contributed by atoms with E-state index >= 15 is 0 Å². The molecule has 0 heterocycles. The Morgan fingerprint density at radius 2 is 2.06 bits per heavy atom. The highest BCUT2D eigenvalue weighted by molar-refractivity contribution is 9.10. The Hall–Kier alpha value is -0.830. The molecule has 0 spiro atoms. The van der Waals surface area contributed by atoms with E-state index in [1.165, 1.54) is 5.56 Å². The third-order valence-electron chi connectivity index (χ3n) is 2.74. The maximum Gasteiger partial charge on any atom is 0.227 e. The molecule has 0 aliphatic rings. The van der Waals surface area contributed by atoms with Crippen molar-refractivity contribution in [2.45, 2.75) is 34.1 Å². The molecule has 0 aliphatic carbocycles. The Kier molecular flexibility index (Phi) is 4.54. The summed E-state index contributed by atoms with van der Waals surface area (Å²) in [5.41, 5.74) is 3.16. The molecule has 0 fully saturated rings. The van der Waals surface area contributed by atoms with Crippen molar-refractivity contribution < 1.29 is 4.79 Å². The monoisotopic (exact) mass is 283 g/mol. The molecule has 1 rings (SSSR count). The highest BCUT2D eigenvalue weighted by Crippen LogP contribution is 2.28. The Labute approximate surface area is 106 Å². The summed E-state index contributed by atoms with van der Waals surface area (Å²) in [4.78, 5) is 11.8. The fourth-order valence-electron chi connectivity index (χ4n) is 1.51. The molecule has 0 saturated heterocycles. The van der Waals surface area contributed by atoms with Gasteiger partial charge in [0.15, 0.2) is 0 Å². The largest absolute Gasteiger partial charge is 0.325 e. The van der Waals surface area contributed by atoms with Gasteiger partial charge in [0.2, 0.25) is 5.91 Å². The fourth-order valence-corrected chi connectivity index (χ4v) is 2.28. The normalized spacial score (nSPS) is 12.3. The van der Waals surface area contributed by atoms with E-state index in [4.69, 9.17) is 0 Å². The van der Waals surface area contributed by atoms with Crippen LogP contribution in [0.1, 0.15) is 31.4 Å². The van der Waals surface area contributed by atoms with Crippen LogP contribution in [0.4, 0.5) is 5.69 Å². The van der Waals surface area contributed by atoms with Gasteiger partial charge < -0.3 is 5.32 Å². The molecule has 0 radical (unpaired) electrons. The predicted molar refractivity (Wildman–Crippen MR) is 71.7 cm³/mol. The molecular formula is C13H18BrNO. The van der Waals surface area contributed by atoms with E-state index in [-0.39, 0.29) is 11.8 Å². The Balaban J connectivity index is 2.93. The van der Waals surface area contributed by atoms with Gasteiger partial charge in [-0.05, 0) is 53.4 Å². The van der Waals surface area contributed by atoms with E-state index in [1.54, 1.807) is 0 Å². The summed E-state index contributed by atoms with van der Waals surface area (Å²) < 4.78 is 0.946. The summed E-state index contributed by atoms with van der Waals surface area (Å²) in [5.74, 6) is 0.128. The van der Waals surface area contributed by atoms with Gasteiger partial charge in [0.25, 0.3) is 0 Å². The number of carbonyl (C=O) groups is 1. The minimum atomic E-state index is 0.0487. The van der Waals surface area contributed by atoms with Crippen LogP contribution in [0.5, 0.6) is 0 Å². The number of aryl methyl sites for hydroxylation is 2. The van der Waals surface area contributed by atoms with Gasteiger partial charge in [-0.25, -0.2) is 0 Å². The molecule has 0 bridgehead atoms. The second kappa shape index (κ2) is 5.48. The molecule has 16 heavy (non-hydrogen) atoms. The Morgan fingerprint density at radius 1 is 1.44 bits per heavy atom. The maximum atomic E-state index is 11.8. The first kappa shape index (κ1) is 13.2. The zero-order chi connectivity index (χ0) is 12.3. The summed E-state index contributed by atoms with van der Waals surface area (Å²) in [5, 5.41) is 2.97. The van der Waals surface area contributed by atoms with Gasteiger partial charge in [-0.1, -0.05) is 19.9 Å². The van der Waals surface area contributed by atoms with Gasteiger partial charge >= 0.3 is 0 Å². The molecule has 2 nitrogen and oxygen atoms in total. The summed E-state index contributed by atoms with van der Waals surface area (Å²) in [7, 11) is 0. The fraction of sp³-hybridized carbons (Fsp3) is 0.462. The number of halogens is 1. The van der Waals surface area contributed by atoms with Crippen molar-refractivity contribution >= 4 is 27.5 Å². The van der Waals surface area contributed by atoms with Crippen LogP contribution in [-0.2, 0) is 4.79 Å². The van der Waals surface area contributed by atoms with E-state index in [0.29, 0.717) is 0 Å². The van der Waals surface area contributed by atoms with Crippen molar-refractivity contribution in [1.29, 1.82) is 0 Å². The van der Waals surface area contributed by atoms with Crippen LogP contribution in [0.3, 0.4) is 0 Å². The van der Waals surface area contributed by atoms with Crippen LogP contribution in [0, 0.1) is 19.8 Å². The number of hydrogen-bond donors (Lipinski definition) is 1. The first-order valence-corrected chi connectivity index (χ1v) is 6.32. The second-order valence-corrected chi connectivity index (χ2v) is 5.09. The lowest BCUT2D eigenvalue weighted by atomic mass is 10.1. The van der Waals surface area contributed by atoms with Crippen LogP contribution in [0.15, 0.2) is 16.6 Å². The average molecular weight is 284 g/mol. The van der Waals surface area contributed by atoms with Crippen molar-refractivity contribution in [1.82, 2.24) is 0 Å².